The first kappa shape index (κ1) is 24.7. The topological polar surface area (TPSA) is 85.8 Å². The lowest BCUT2D eigenvalue weighted by atomic mass is 9.79. The normalized spacial score (nSPS) is 19.4. The molecule has 0 atom stereocenters. The highest BCUT2D eigenvalue weighted by Crippen LogP contribution is 2.47. The number of ketones is 1. The summed E-state index contributed by atoms with van der Waals surface area (Å²) in [5.74, 6) is -0.0893. The molecule has 4 aromatic carbocycles. The average molecular weight is 531 g/mol. The maximum Gasteiger partial charge on any atom is 0.201 e. The van der Waals surface area contributed by atoms with Crippen LogP contribution in [0.1, 0.15) is 58.9 Å². The molecular weight excluding hydrogens is 496 g/mol. The number of allylic oxidation sites excluding steroid dienone is 2. The number of benzene rings is 4. The molecule has 0 unspecified atom stereocenters. The van der Waals surface area contributed by atoms with E-state index in [2.05, 4.69) is 67.9 Å². The van der Waals surface area contributed by atoms with Gasteiger partial charge >= 0.3 is 0 Å². The molecule has 4 N–H and O–H groups in total. The Morgan fingerprint density at radius 2 is 1.43 bits per heavy atom. The molecule has 0 aromatic heterocycles. The van der Waals surface area contributed by atoms with Crippen LogP contribution in [0, 0.1) is 0 Å². The van der Waals surface area contributed by atoms with Crippen molar-refractivity contribution in [2.75, 3.05) is 16.0 Å². The summed E-state index contributed by atoms with van der Waals surface area (Å²) in [6.07, 6.45) is 3.34. The van der Waals surface area contributed by atoms with Gasteiger partial charge in [-0.2, -0.15) is 0 Å². The predicted molar refractivity (Wildman–Crippen MR) is 164 cm³/mol. The van der Waals surface area contributed by atoms with Gasteiger partial charge in [0, 0.05) is 27.2 Å². The zero-order valence-corrected chi connectivity index (χ0v) is 23.4. The first-order valence-corrected chi connectivity index (χ1v) is 14.4. The van der Waals surface area contributed by atoms with Crippen LogP contribution in [0.3, 0.4) is 0 Å². The highest BCUT2D eigenvalue weighted by Gasteiger charge is 2.41. The largest absolute Gasteiger partial charge is 0.506 e. The van der Waals surface area contributed by atoms with Crippen molar-refractivity contribution in [3.63, 3.8) is 0 Å². The van der Waals surface area contributed by atoms with Crippen LogP contribution in [0.15, 0.2) is 71.4 Å². The van der Waals surface area contributed by atoms with Crippen molar-refractivity contribution >= 4 is 55.5 Å². The van der Waals surface area contributed by atoms with E-state index in [0.29, 0.717) is 11.1 Å². The van der Waals surface area contributed by atoms with E-state index in [4.69, 9.17) is 4.99 Å². The molecule has 4 aromatic rings. The highest BCUT2D eigenvalue weighted by atomic mass is 16.3. The van der Waals surface area contributed by atoms with E-state index in [0.717, 1.165) is 80.4 Å². The van der Waals surface area contributed by atoms with Crippen LogP contribution in [0.4, 0.5) is 17.1 Å². The number of aliphatic hydroxyl groups excluding tert-OH is 1. The summed E-state index contributed by atoms with van der Waals surface area (Å²) >= 11 is 0. The molecule has 0 radical (unpaired) electrons. The first-order chi connectivity index (χ1) is 19.4. The van der Waals surface area contributed by atoms with E-state index in [-0.39, 0.29) is 17.2 Å². The predicted octanol–water partition coefficient (Wildman–Crippen LogP) is 6.61. The molecule has 40 heavy (non-hydrogen) atoms. The van der Waals surface area contributed by atoms with Crippen LogP contribution < -0.4 is 26.5 Å². The fraction of sp³-hybridized carbons (Fsp3) is 0.294. The van der Waals surface area contributed by atoms with Gasteiger partial charge in [0.25, 0.3) is 0 Å². The molecule has 2 heterocycles. The van der Waals surface area contributed by atoms with E-state index in [1.165, 1.54) is 0 Å². The molecule has 0 bridgehead atoms. The Balaban J connectivity index is 1.48. The molecule has 6 heteroatoms. The molecule has 0 saturated heterocycles. The van der Waals surface area contributed by atoms with Crippen LogP contribution >= 0.6 is 0 Å². The van der Waals surface area contributed by atoms with Crippen LogP contribution in [-0.2, 0) is 4.79 Å². The molecule has 3 aliphatic rings. The number of aliphatic hydroxyl groups is 1. The molecule has 6 nitrogen and oxygen atoms in total. The van der Waals surface area contributed by atoms with Gasteiger partial charge in [0.2, 0.25) is 5.78 Å². The van der Waals surface area contributed by atoms with Gasteiger partial charge in [0.1, 0.15) is 17.1 Å². The van der Waals surface area contributed by atoms with Gasteiger partial charge < -0.3 is 21.1 Å². The molecule has 0 fully saturated rings. The van der Waals surface area contributed by atoms with E-state index in [9.17, 15) is 9.90 Å². The van der Waals surface area contributed by atoms with Gasteiger partial charge in [0.15, 0.2) is 0 Å². The number of rotatable bonds is 5. The summed E-state index contributed by atoms with van der Waals surface area (Å²) in [4.78, 5) is 19.1. The number of carbonyl (C=O) groups is 1. The Hall–Kier alpha value is -4.32. The molecule has 0 amide bonds. The fourth-order valence-corrected chi connectivity index (χ4v) is 6.72. The molecule has 7 rings (SSSR count). The quantitative estimate of drug-likeness (QED) is 0.233. The van der Waals surface area contributed by atoms with Gasteiger partial charge in [-0.1, -0.05) is 76.2 Å². The summed E-state index contributed by atoms with van der Waals surface area (Å²) in [7, 11) is 0. The van der Waals surface area contributed by atoms with E-state index in [1.807, 2.05) is 36.4 Å². The molecule has 0 spiro atoms. The van der Waals surface area contributed by atoms with Gasteiger partial charge in [0.05, 0.1) is 27.9 Å². The minimum atomic E-state index is -0.452. The van der Waals surface area contributed by atoms with Crippen molar-refractivity contribution in [2.45, 2.75) is 64.7 Å². The maximum atomic E-state index is 14.0. The number of carbonyl (C=O) groups excluding carboxylic acids is 1. The van der Waals surface area contributed by atoms with Crippen LogP contribution in [0.25, 0.3) is 32.7 Å². The Labute approximate surface area is 233 Å². The third-order valence-corrected chi connectivity index (χ3v) is 9.34. The Kier molecular flexibility index (Phi) is 5.30. The van der Waals surface area contributed by atoms with Crippen molar-refractivity contribution in [1.29, 1.82) is 0 Å². The maximum absolute atomic E-state index is 14.0. The zero-order valence-electron chi connectivity index (χ0n) is 23.4. The van der Waals surface area contributed by atoms with E-state index in [1.54, 1.807) is 0 Å². The SMILES string of the molecule is CCC1(CC)N=c2cccc3cc/c(=C4\C(=O)C(c5ccc6cccc7c6c5NC(CC)(CC)N7)=C4O)c(c23)N1. The fourth-order valence-electron chi connectivity index (χ4n) is 6.72. The Bertz CT molecular complexity index is 1910. The molecule has 1 aliphatic carbocycles. The average Bonchev–Trinajstić information content (AvgIpc) is 2.99. The second-order valence-electron chi connectivity index (χ2n) is 11.2. The summed E-state index contributed by atoms with van der Waals surface area (Å²) in [6.45, 7) is 8.55. The first-order valence-electron chi connectivity index (χ1n) is 14.4. The van der Waals surface area contributed by atoms with E-state index >= 15 is 0 Å². The lowest BCUT2D eigenvalue weighted by molar-refractivity contribution is -0.109. The van der Waals surface area contributed by atoms with Crippen LogP contribution in [0.5, 0.6) is 0 Å². The summed E-state index contributed by atoms with van der Waals surface area (Å²) in [5.41, 5.74) is 3.52. The number of hydrogen-bond acceptors (Lipinski definition) is 6. The highest BCUT2D eigenvalue weighted by molar-refractivity contribution is 6.52. The second kappa shape index (κ2) is 8.59. The van der Waals surface area contributed by atoms with E-state index < -0.39 is 5.66 Å². The number of nitrogens with one attached hydrogen (secondary N) is 3. The molecular formula is C34H34N4O2. The van der Waals surface area contributed by atoms with Crippen LogP contribution in [-0.4, -0.2) is 22.2 Å². The standard InChI is InChI=1S/C34H34N4O2/c1-5-33(6-2)35-23-13-9-11-19-15-17-21(29(37-33)25(19)23)27-31(39)28(32(27)40)22-18-16-20-12-10-14-24-26(20)30(22)38-34(7-3,8-4)36-24/h9-18,35,37-39H,5-8H2,1-4H3/b28-22+. The molecule has 0 saturated carbocycles. The van der Waals surface area contributed by atoms with Crippen molar-refractivity contribution in [1.82, 2.24) is 0 Å². The third kappa shape index (κ3) is 3.22. The second-order valence-corrected chi connectivity index (χ2v) is 11.2. The number of Topliss-reactive ketones (excluding diaryl/α,β-unsaturated/α-hetero) is 1. The van der Waals surface area contributed by atoms with Crippen molar-refractivity contribution in [3.05, 3.63) is 82.6 Å². The molecule has 2 aliphatic heterocycles. The van der Waals surface area contributed by atoms with Gasteiger partial charge in [-0.15, -0.1) is 0 Å². The van der Waals surface area contributed by atoms with Crippen molar-refractivity contribution < 1.29 is 9.90 Å². The Morgan fingerprint density at radius 1 is 0.725 bits per heavy atom. The van der Waals surface area contributed by atoms with Crippen molar-refractivity contribution in [2.24, 2.45) is 4.99 Å². The van der Waals surface area contributed by atoms with Gasteiger partial charge in [-0.25, -0.2) is 0 Å². The monoisotopic (exact) mass is 530 g/mol. The number of anilines is 3. The summed E-state index contributed by atoms with van der Waals surface area (Å²) in [6, 6.07) is 20.3. The third-order valence-electron chi connectivity index (χ3n) is 9.34. The van der Waals surface area contributed by atoms with Gasteiger partial charge in [-0.3, -0.25) is 9.79 Å². The molecule has 202 valence electrons. The Morgan fingerprint density at radius 3 is 2.12 bits per heavy atom. The lowest BCUT2D eigenvalue weighted by Crippen LogP contribution is -2.47. The summed E-state index contributed by atoms with van der Waals surface area (Å²) < 4.78 is 0. The minimum Gasteiger partial charge on any atom is -0.506 e. The smallest absolute Gasteiger partial charge is 0.201 e. The minimum absolute atomic E-state index is 0.0491. The number of nitrogens with zero attached hydrogens (tertiary/aromatic N) is 1. The van der Waals surface area contributed by atoms with Crippen LogP contribution in [0.2, 0.25) is 0 Å². The zero-order chi connectivity index (χ0) is 27.8. The summed E-state index contributed by atoms with van der Waals surface area (Å²) in [5, 5.41) is 28.6. The number of hydrogen-bond donors (Lipinski definition) is 4. The van der Waals surface area contributed by atoms with Crippen molar-refractivity contribution in [3.8, 4) is 0 Å². The van der Waals surface area contributed by atoms with Gasteiger partial charge in [-0.05, 0) is 48.6 Å². The lowest BCUT2D eigenvalue weighted by Gasteiger charge is -2.42.